The van der Waals surface area contributed by atoms with Crippen LogP contribution < -0.4 is 11.1 Å². The number of carbonyl (C=O) groups is 4. The van der Waals surface area contributed by atoms with E-state index < -0.39 is 41.7 Å². The van der Waals surface area contributed by atoms with Gasteiger partial charge in [-0.05, 0) is 34.9 Å². The molecule has 0 spiro atoms. The fourth-order valence-corrected chi connectivity index (χ4v) is 6.81. The first-order valence-electron chi connectivity index (χ1n) is 11.5. The van der Waals surface area contributed by atoms with Gasteiger partial charge in [-0.15, -0.1) is 16.9 Å². The highest BCUT2D eigenvalue weighted by atomic mass is 32.2. The van der Waals surface area contributed by atoms with Gasteiger partial charge in [0.1, 0.15) is 29.8 Å². The van der Waals surface area contributed by atoms with Gasteiger partial charge in [0.05, 0.1) is 0 Å². The van der Waals surface area contributed by atoms with E-state index in [0.29, 0.717) is 12.0 Å². The number of nitrogens with zero attached hydrogens (tertiary/aromatic N) is 8. The van der Waals surface area contributed by atoms with Crippen molar-refractivity contribution >= 4 is 69.7 Å². The molecule has 2 amide bonds. The summed E-state index contributed by atoms with van der Waals surface area (Å²) in [6.45, 7) is -0.459. The van der Waals surface area contributed by atoms with Crippen molar-refractivity contribution in [2.24, 2.45) is 5.16 Å². The Labute approximate surface area is 237 Å². The maximum atomic E-state index is 13.2. The number of aliphatic carboxylic acids is 2. The Morgan fingerprint density at radius 2 is 2.15 bits per heavy atom. The zero-order valence-corrected chi connectivity index (χ0v) is 22.7. The van der Waals surface area contributed by atoms with Crippen LogP contribution in [-0.2, 0) is 30.6 Å². The summed E-state index contributed by atoms with van der Waals surface area (Å²) in [5.41, 5.74) is 5.62. The third-order valence-corrected chi connectivity index (χ3v) is 8.74. The van der Waals surface area contributed by atoms with Crippen LogP contribution in [0.4, 0.5) is 5.13 Å². The molecule has 2 aromatic heterocycles. The second-order valence-electron chi connectivity index (χ2n) is 8.47. The zero-order chi connectivity index (χ0) is 28.4. The predicted molar refractivity (Wildman–Crippen MR) is 140 cm³/mol. The molecule has 0 saturated carbocycles. The molecule has 210 valence electrons. The number of nitrogens with one attached hydrogen (secondary N) is 1. The second-order valence-corrected chi connectivity index (χ2v) is 11.3. The molecule has 2 aromatic rings. The lowest BCUT2D eigenvalue weighted by atomic mass is 10.0. The largest absolute Gasteiger partial charge is 0.480 e. The maximum absolute atomic E-state index is 13.2. The Balaban J connectivity index is 1.29. The monoisotopic (exact) mass is 608 g/mol. The summed E-state index contributed by atoms with van der Waals surface area (Å²) in [5, 5.41) is 35.9. The highest BCUT2D eigenvalue weighted by molar-refractivity contribution is 8.01. The summed E-state index contributed by atoms with van der Waals surface area (Å²) in [6, 6.07) is -1.03. The molecular weight excluding hydrogens is 588 g/mol. The van der Waals surface area contributed by atoms with Crippen LogP contribution in [0.2, 0.25) is 0 Å². The van der Waals surface area contributed by atoms with Crippen LogP contribution in [0.1, 0.15) is 18.7 Å². The van der Waals surface area contributed by atoms with Gasteiger partial charge in [0.15, 0.2) is 5.13 Å². The van der Waals surface area contributed by atoms with Gasteiger partial charge in [0.25, 0.3) is 11.8 Å². The molecule has 5 rings (SSSR count). The molecule has 2 aliphatic heterocycles. The van der Waals surface area contributed by atoms with Crippen molar-refractivity contribution in [3.05, 3.63) is 29.2 Å². The first-order valence-corrected chi connectivity index (χ1v) is 14.4. The van der Waals surface area contributed by atoms with Crippen molar-refractivity contribution in [1.82, 2.24) is 39.8 Å². The van der Waals surface area contributed by atoms with Gasteiger partial charge in [-0.25, -0.2) is 9.48 Å². The van der Waals surface area contributed by atoms with Crippen LogP contribution in [0.25, 0.3) is 0 Å². The Morgan fingerprint density at radius 1 is 1.32 bits per heavy atom. The fourth-order valence-electron chi connectivity index (χ4n) is 4.01. The van der Waals surface area contributed by atoms with Crippen molar-refractivity contribution < 1.29 is 34.2 Å². The maximum Gasteiger partial charge on any atom is 0.352 e. The Morgan fingerprint density at radius 3 is 2.83 bits per heavy atom. The number of oxime groups is 1. The molecule has 0 aromatic carbocycles. The average Bonchev–Trinajstić information content (AvgIpc) is 3.68. The van der Waals surface area contributed by atoms with E-state index in [9.17, 15) is 24.3 Å². The normalized spacial score (nSPS) is 22.2. The van der Waals surface area contributed by atoms with Crippen LogP contribution in [0.3, 0.4) is 0 Å². The van der Waals surface area contributed by atoms with Crippen molar-refractivity contribution in [1.29, 1.82) is 0 Å². The highest BCUT2D eigenvalue weighted by Crippen LogP contribution is 2.41. The Hall–Kier alpha value is -4.04. The minimum atomic E-state index is -1.31. The molecule has 1 fully saturated rings. The van der Waals surface area contributed by atoms with Crippen molar-refractivity contribution in [2.75, 3.05) is 17.2 Å². The summed E-state index contributed by atoms with van der Waals surface area (Å²) >= 11 is 3.18. The van der Waals surface area contributed by atoms with Gasteiger partial charge in [-0.1, -0.05) is 23.0 Å². The van der Waals surface area contributed by atoms with Crippen LogP contribution in [0.5, 0.6) is 0 Å². The van der Waals surface area contributed by atoms with E-state index in [2.05, 4.69) is 35.4 Å². The summed E-state index contributed by atoms with van der Waals surface area (Å²) in [5.74, 6) is -3.57. The van der Waals surface area contributed by atoms with Gasteiger partial charge >= 0.3 is 11.9 Å². The molecular formula is C20H20N10O7S3. The smallest absolute Gasteiger partial charge is 0.352 e. The minimum absolute atomic E-state index is 0.0578. The van der Waals surface area contributed by atoms with Crippen LogP contribution >= 0.6 is 35.1 Å². The number of fused-ring (bicyclic) bond motifs is 1. The minimum Gasteiger partial charge on any atom is -0.480 e. The number of carbonyl (C=O) groups excluding carboxylic acids is 2. The molecule has 4 heterocycles. The van der Waals surface area contributed by atoms with Gasteiger partial charge in [0, 0.05) is 23.0 Å². The van der Waals surface area contributed by atoms with E-state index in [4.69, 9.17) is 15.7 Å². The number of tetrazole rings is 1. The number of hydrogen-bond donors (Lipinski definition) is 4. The van der Waals surface area contributed by atoms with Gasteiger partial charge in [0.2, 0.25) is 16.7 Å². The third kappa shape index (κ3) is 5.63. The lowest BCUT2D eigenvalue weighted by Crippen LogP contribution is -2.71. The summed E-state index contributed by atoms with van der Waals surface area (Å²) in [6.07, 6.45) is 4.93. The van der Waals surface area contributed by atoms with Gasteiger partial charge in [-0.2, -0.15) is 9.36 Å². The number of anilines is 1. The average molecular weight is 609 g/mol. The highest BCUT2D eigenvalue weighted by Gasteiger charge is 2.54. The van der Waals surface area contributed by atoms with Crippen molar-refractivity contribution in [3.8, 4) is 0 Å². The number of amides is 2. The lowest BCUT2D eigenvalue weighted by Gasteiger charge is -2.49. The quantitative estimate of drug-likeness (QED) is 0.0799. The molecule has 17 nitrogen and oxygen atoms in total. The molecule has 2 unspecified atom stereocenters. The molecule has 3 aliphatic rings. The summed E-state index contributed by atoms with van der Waals surface area (Å²) in [7, 11) is 0. The van der Waals surface area contributed by atoms with E-state index in [1.807, 2.05) is 12.2 Å². The van der Waals surface area contributed by atoms with E-state index >= 15 is 0 Å². The first-order chi connectivity index (χ1) is 19.2. The summed E-state index contributed by atoms with van der Waals surface area (Å²) in [4.78, 5) is 60.0. The Bertz CT molecular complexity index is 1450. The van der Waals surface area contributed by atoms with Crippen molar-refractivity contribution in [2.45, 2.75) is 42.1 Å². The van der Waals surface area contributed by atoms with E-state index in [-0.39, 0.29) is 45.1 Å². The Kier molecular flexibility index (Phi) is 7.98. The lowest BCUT2D eigenvalue weighted by molar-refractivity contribution is -0.150. The van der Waals surface area contributed by atoms with Gasteiger partial charge in [-0.3, -0.25) is 19.3 Å². The predicted octanol–water partition coefficient (Wildman–Crippen LogP) is -0.838. The number of hydrogen-bond acceptors (Lipinski definition) is 15. The standard InChI is InChI=1S/C20H20N10O7S3/c21-19-23-14(26-40-19)11(25-37-9-3-1-2-4-9)15(33)22-12-16(34)30-13(18(35)36)8(6-38-17(12)30)7-39-20-24-27-28-29(20)5-10(31)32/h1,3,9,12,17H,2,4-7H2,(H,22,33)(H,31,32)(H,35,36)(H2,21,23,26)/t9?,12?,17-/m0/s1. The van der Waals surface area contributed by atoms with Crippen molar-refractivity contribution in [3.63, 3.8) is 0 Å². The second kappa shape index (κ2) is 11.6. The zero-order valence-electron chi connectivity index (χ0n) is 20.2. The number of rotatable bonds is 11. The number of nitrogens with two attached hydrogens (primary N) is 1. The molecule has 40 heavy (non-hydrogen) atoms. The number of thioether (sulfide) groups is 2. The fraction of sp³-hybridized carbons (Fsp3) is 0.400. The number of carboxylic acids is 2. The molecule has 0 bridgehead atoms. The van der Waals surface area contributed by atoms with E-state index in [1.165, 1.54) is 11.8 Å². The molecule has 1 aliphatic carbocycles. The SMILES string of the molecule is Nc1nc(C(=NOC2C=CCC2)C(=O)NC2C(=O)N3C(C(=O)O)=C(CSc4nnnn4CC(=O)O)CS[C@@H]23)ns1. The molecule has 20 heteroatoms. The topological polar surface area (TPSA) is 241 Å². The number of β-lactam (4-membered cyclic amide) rings is 1. The number of carboxylic acid groups (broad SMARTS) is 2. The van der Waals surface area contributed by atoms with E-state index in [0.717, 1.165) is 39.3 Å². The molecule has 3 atom stereocenters. The number of allylic oxidation sites excluding steroid dienone is 1. The van der Waals surface area contributed by atoms with Gasteiger partial charge < -0.3 is 26.1 Å². The summed E-state index contributed by atoms with van der Waals surface area (Å²) < 4.78 is 5.10. The first kappa shape index (κ1) is 27.5. The molecule has 1 saturated heterocycles. The number of nitrogen functional groups attached to an aromatic ring is 1. The molecule has 0 radical (unpaired) electrons. The molecule has 5 N–H and O–H groups in total. The van der Waals surface area contributed by atoms with Crippen LogP contribution in [-0.4, -0.2) is 103 Å². The van der Waals surface area contributed by atoms with E-state index in [1.54, 1.807) is 0 Å². The van der Waals surface area contributed by atoms with Crippen LogP contribution in [0, 0.1) is 0 Å². The number of aromatic nitrogens is 6. The third-order valence-electron chi connectivity index (χ3n) is 5.81. The van der Waals surface area contributed by atoms with Crippen LogP contribution in [0.15, 0.2) is 33.7 Å².